The number of aliphatic hydroxyl groups excluding tert-OH is 1. The number of carbonyl (C=O) groups excluding carboxylic acids is 1. The summed E-state index contributed by atoms with van der Waals surface area (Å²) in [7, 11) is 0. The molecule has 5 heteroatoms. The van der Waals surface area contributed by atoms with Gasteiger partial charge in [0.15, 0.2) is 6.29 Å². The van der Waals surface area contributed by atoms with Crippen molar-refractivity contribution in [2.45, 2.75) is 12.5 Å². The van der Waals surface area contributed by atoms with Gasteiger partial charge in [-0.2, -0.15) is 0 Å². The SMILES string of the molecule is O=Cc1ccc(OCCCN2CC(O)C2)cc1Cl. The van der Waals surface area contributed by atoms with E-state index >= 15 is 0 Å². The molecule has 2 rings (SSSR count). The number of halogens is 1. The van der Waals surface area contributed by atoms with E-state index < -0.39 is 0 Å². The highest BCUT2D eigenvalue weighted by Gasteiger charge is 2.23. The number of likely N-dealkylation sites (tertiary alicyclic amines) is 1. The fraction of sp³-hybridized carbons (Fsp3) is 0.462. The second-order valence-corrected chi connectivity index (χ2v) is 4.82. The topological polar surface area (TPSA) is 49.8 Å². The molecule has 18 heavy (non-hydrogen) atoms. The van der Waals surface area contributed by atoms with E-state index in [9.17, 15) is 4.79 Å². The van der Waals surface area contributed by atoms with Crippen LogP contribution in [-0.2, 0) is 0 Å². The van der Waals surface area contributed by atoms with Crippen LogP contribution >= 0.6 is 11.6 Å². The molecule has 1 aliphatic rings. The summed E-state index contributed by atoms with van der Waals surface area (Å²) >= 11 is 5.89. The third-order valence-corrected chi connectivity index (χ3v) is 3.25. The highest BCUT2D eigenvalue weighted by molar-refractivity contribution is 6.33. The minimum atomic E-state index is -0.152. The van der Waals surface area contributed by atoms with Gasteiger partial charge in [0.05, 0.1) is 17.7 Å². The van der Waals surface area contributed by atoms with Crippen molar-refractivity contribution >= 4 is 17.9 Å². The maximum atomic E-state index is 10.6. The van der Waals surface area contributed by atoms with Crippen LogP contribution in [0.3, 0.4) is 0 Å². The average molecular weight is 270 g/mol. The minimum Gasteiger partial charge on any atom is -0.493 e. The van der Waals surface area contributed by atoms with Crippen LogP contribution in [0.1, 0.15) is 16.8 Å². The summed E-state index contributed by atoms with van der Waals surface area (Å²) < 4.78 is 5.54. The molecule has 1 heterocycles. The molecule has 0 aliphatic carbocycles. The zero-order valence-electron chi connectivity index (χ0n) is 10.0. The Hall–Kier alpha value is -1.10. The standard InChI is InChI=1S/C13H16ClNO3/c14-13-6-12(3-2-10(13)9-16)18-5-1-4-15-7-11(17)8-15/h2-3,6,9,11,17H,1,4-5,7-8H2. The van der Waals surface area contributed by atoms with Crippen LogP contribution in [0, 0.1) is 0 Å². The summed E-state index contributed by atoms with van der Waals surface area (Å²) in [5, 5.41) is 9.53. The predicted octanol–water partition coefficient (Wildman–Crippen LogP) is 1.60. The Morgan fingerprint density at radius 3 is 2.89 bits per heavy atom. The van der Waals surface area contributed by atoms with Crippen LogP contribution < -0.4 is 4.74 Å². The Balaban J connectivity index is 1.70. The van der Waals surface area contributed by atoms with Crippen molar-refractivity contribution in [2.75, 3.05) is 26.2 Å². The number of β-amino-alcohol motifs (C(OH)–C–C–N with tert-alkyl or cyclic N) is 1. The first-order valence-corrected chi connectivity index (χ1v) is 6.35. The van der Waals surface area contributed by atoms with Crippen molar-refractivity contribution < 1.29 is 14.6 Å². The monoisotopic (exact) mass is 269 g/mol. The van der Waals surface area contributed by atoms with Crippen molar-refractivity contribution in [1.82, 2.24) is 4.90 Å². The summed E-state index contributed by atoms with van der Waals surface area (Å²) in [6.07, 6.45) is 1.47. The highest BCUT2D eigenvalue weighted by atomic mass is 35.5. The van der Waals surface area contributed by atoms with E-state index in [0.29, 0.717) is 22.9 Å². The van der Waals surface area contributed by atoms with Gasteiger partial charge in [0.1, 0.15) is 5.75 Å². The molecule has 0 atom stereocenters. The largest absolute Gasteiger partial charge is 0.493 e. The first kappa shape index (κ1) is 13.3. The molecule has 1 saturated heterocycles. The molecule has 1 aliphatic heterocycles. The number of hydrogen-bond donors (Lipinski definition) is 1. The molecular formula is C13H16ClNO3. The van der Waals surface area contributed by atoms with E-state index in [2.05, 4.69) is 4.90 Å². The van der Waals surface area contributed by atoms with Crippen molar-refractivity contribution in [1.29, 1.82) is 0 Å². The van der Waals surface area contributed by atoms with E-state index in [-0.39, 0.29) is 6.10 Å². The fourth-order valence-corrected chi connectivity index (χ4v) is 2.11. The maximum absolute atomic E-state index is 10.6. The highest BCUT2D eigenvalue weighted by Crippen LogP contribution is 2.21. The van der Waals surface area contributed by atoms with Crippen molar-refractivity contribution in [3.8, 4) is 5.75 Å². The van der Waals surface area contributed by atoms with E-state index in [1.54, 1.807) is 18.2 Å². The Morgan fingerprint density at radius 1 is 1.50 bits per heavy atom. The van der Waals surface area contributed by atoms with Crippen molar-refractivity contribution in [3.05, 3.63) is 28.8 Å². The van der Waals surface area contributed by atoms with Crippen LogP contribution in [0.2, 0.25) is 5.02 Å². The van der Waals surface area contributed by atoms with E-state index in [1.807, 2.05) is 0 Å². The lowest BCUT2D eigenvalue weighted by Crippen LogP contribution is -2.50. The van der Waals surface area contributed by atoms with Crippen LogP contribution in [0.4, 0.5) is 0 Å². The molecule has 0 bridgehead atoms. The number of carbonyl (C=O) groups is 1. The number of rotatable bonds is 6. The van der Waals surface area contributed by atoms with Crippen LogP contribution in [-0.4, -0.2) is 48.6 Å². The van der Waals surface area contributed by atoms with Gasteiger partial charge in [0.2, 0.25) is 0 Å². The van der Waals surface area contributed by atoms with Gasteiger partial charge in [-0.3, -0.25) is 9.69 Å². The van der Waals surface area contributed by atoms with Gasteiger partial charge >= 0.3 is 0 Å². The molecule has 1 fully saturated rings. The van der Waals surface area contributed by atoms with Gasteiger partial charge in [-0.15, -0.1) is 0 Å². The van der Waals surface area contributed by atoms with E-state index in [0.717, 1.165) is 32.3 Å². The molecule has 1 aromatic carbocycles. The summed E-state index contributed by atoms with van der Waals surface area (Å²) in [5.41, 5.74) is 0.471. The number of benzene rings is 1. The third-order valence-electron chi connectivity index (χ3n) is 2.92. The van der Waals surface area contributed by atoms with Crippen LogP contribution in [0.5, 0.6) is 5.75 Å². The second-order valence-electron chi connectivity index (χ2n) is 4.42. The number of ether oxygens (including phenoxy) is 1. The Labute approximate surface area is 111 Å². The van der Waals surface area contributed by atoms with Crippen molar-refractivity contribution in [2.24, 2.45) is 0 Å². The van der Waals surface area contributed by atoms with Gasteiger partial charge in [-0.1, -0.05) is 11.6 Å². The summed E-state index contributed by atoms with van der Waals surface area (Å²) in [6.45, 7) is 3.06. The molecule has 98 valence electrons. The lowest BCUT2D eigenvalue weighted by molar-refractivity contribution is 0.0000467. The molecule has 4 nitrogen and oxygen atoms in total. The van der Waals surface area contributed by atoms with Crippen LogP contribution in [0.15, 0.2) is 18.2 Å². The Kier molecular flexibility index (Phi) is 4.58. The number of nitrogens with zero attached hydrogens (tertiary/aromatic N) is 1. The Morgan fingerprint density at radius 2 is 2.28 bits per heavy atom. The fourth-order valence-electron chi connectivity index (χ4n) is 1.90. The van der Waals surface area contributed by atoms with E-state index in [4.69, 9.17) is 21.4 Å². The number of aldehydes is 1. The zero-order valence-corrected chi connectivity index (χ0v) is 10.8. The van der Waals surface area contributed by atoms with Gasteiger partial charge in [0.25, 0.3) is 0 Å². The lowest BCUT2D eigenvalue weighted by Gasteiger charge is -2.35. The summed E-state index contributed by atoms with van der Waals surface area (Å²) in [5.74, 6) is 0.675. The molecule has 0 unspecified atom stereocenters. The molecule has 1 aromatic rings. The summed E-state index contributed by atoms with van der Waals surface area (Å²) in [6, 6.07) is 5.04. The normalized spacial score (nSPS) is 16.3. The predicted molar refractivity (Wildman–Crippen MR) is 69.4 cm³/mol. The smallest absolute Gasteiger partial charge is 0.151 e. The molecule has 0 radical (unpaired) electrons. The quantitative estimate of drug-likeness (QED) is 0.630. The zero-order chi connectivity index (χ0) is 13.0. The molecule has 0 saturated carbocycles. The third kappa shape index (κ3) is 3.45. The number of aliphatic hydroxyl groups is 1. The molecule has 0 amide bonds. The van der Waals surface area contributed by atoms with E-state index in [1.165, 1.54) is 0 Å². The lowest BCUT2D eigenvalue weighted by atomic mass is 10.1. The number of hydrogen-bond acceptors (Lipinski definition) is 4. The van der Waals surface area contributed by atoms with Crippen molar-refractivity contribution in [3.63, 3.8) is 0 Å². The first-order chi connectivity index (χ1) is 8.69. The Bertz CT molecular complexity index is 419. The van der Waals surface area contributed by atoms with Gasteiger partial charge in [0, 0.05) is 25.2 Å². The maximum Gasteiger partial charge on any atom is 0.151 e. The van der Waals surface area contributed by atoms with Crippen LogP contribution in [0.25, 0.3) is 0 Å². The van der Waals surface area contributed by atoms with Gasteiger partial charge < -0.3 is 9.84 Å². The molecule has 0 spiro atoms. The first-order valence-electron chi connectivity index (χ1n) is 5.97. The second kappa shape index (κ2) is 6.18. The van der Waals surface area contributed by atoms with Gasteiger partial charge in [-0.05, 0) is 24.6 Å². The molecule has 0 aromatic heterocycles. The minimum absolute atomic E-state index is 0.152. The molecule has 1 N–H and O–H groups in total. The summed E-state index contributed by atoms with van der Waals surface area (Å²) in [4.78, 5) is 12.8. The average Bonchev–Trinajstić information content (AvgIpc) is 2.32. The van der Waals surface area contributed by atoms with Gasteiger partial charge in [-0.25, -0.2) is 0 Å². The molecular weight excluding hydrogens is 254 g/mol.